The first-order chi connectivity index (χ1) is 16.3. The first-order valence-electron chi connectivity index (χ1n) is 10.5. The third-order valence-electron chi connectivity index (χ3n) is 5.16. The molecule has 0 fully saturated rings. The van der Waals surface area contributed by atoms with Crippen molar-refractivity contribution >= 4 is 17.0 Å². The number of nitrogens with zero attached hydrogens (tertiary/aromatic N) is 6. The van der Waals surface area contributed by atoms with Gasteiger partial charge in [-0.3, -0.25) is 14.9 Å². The maximum Gasteiger partial charge on any atom is 0.269 e. The van der Waals surface area contributed by atoms with Crippen LogP contribution in [-0.4, -0.2) is 49.9 Å². The predicted molar refractivity (Wildman–Crippen MR) is 128 cm³/mol. The lowest BCUT2D eigenvalue weighted by Crippen LogP contribution is -2.13. The summed E-state index contributed by atoms with van der Waals surface area (Å²) in [7, 11) is 3.64. The van der Waals surface area contributed by atoms with Crippen LogP contribution in [0.2, 0.25) is 0 Å². The van der Waals surface area contributed by atoms with Crippen molar-refractivity contribution in [3.05, 3.63) is 106 Å². The minimum Gasteiger partial charge on any atom is -0.383 e. The van der Waals surface area contributed by atoms with Gasteiger partial charge in [0.05, 0.1) is 16.2 Å². The van der Waals surface area contributed by atoms with E-state index in [9.17, 15) is 14.9 Å². The van der Waals surface area contributed by atoms with Crippen LogP contribution in [0, 0.1) is 17.0 Å². The summed E-state index contributed by atoms with van der Waals surface area (Å²) in [5.41, 5.74) is 4.16. The number of Topliss-reactive ketones (excluding diaryl/α,β-unsaturated/α-hetero) is 1. The van der Waals surface area contributed by atoms with Gasteiger partial charge in [-0.25, -0.2) is 0 Å². The Labute approximate surface area is 196 Å². The van der Waals surface area contributed by atoms with E-state index in [0.29, 0.717) is 17.0 Å². The van der Waals surface area contributed by atoms with E-state index in [1.54, 1.807) is 41.4 Å². The zero-order valence-corrected chi connectivity index (χ0v) is 18.9. The molecular weight excluding hydrogens is 432 g/mol. The van der Waals surface area contributed by atoms with Gasteiger partial charge in [-0.2, -0.15) is 4.68 Å². The summed E-state index contributed by atoms with van der Waals surface area (Å²) in [4.78, 5) is 25.9. The van der Waals surface area contributed by atoms with Crippen molar-refractivity contribution in [3.63, 3.8) is 0 Å². The van der Waals surface area contributed by atoms with Crippen molar-refractivity contribution in [2.24, 2.45) is 0 Å². The number of carbonyl (C=O) groups is 1. The summed E-state index contributed by atoms with van der Waals surface area (Å²) in [6.07, 6.45) is 1.69. The molecule has 0 spiro atoms. The summed E-state index contributed by atoms with van der Waals surface area (Å²) in [6, 6.07) is 21.0. The van der Waals surface area contributed by atoms with Crippen LogP contribution in [0.1, 0.15) is 21.7 Å². The molecule has 1 aromatic heterocycles. The number of rotatable bonds is 7. The monoisotopic (exact) mass is 454 g/mol. The summed E-state index contributed by atoms with van der Waals surface area (Å²) in [6.45, 7) is 1.99. The molecule has 9 nitrogen and oxygen atoms in total. The Kier molecular flexibility index (Phi) is 6.26. The highest BCUT2D eigenvalue weighted by Crippen LogP contribution is 2.26. The first-order valence-corrected chi connectivity index (χ1v) is 10.5. The number of nitro benzene ring substituents is 1. The molecule has 170 valence electrons. The van der Waals surface area contributed by atoms with E-state index in [-0.39, 0.29) is 11.5 Å². The van der Waals surface area contributed by atoms with Crippen LogP contribution in [0.4, 0.5) is 5.69 Å². The van der Waals surface area contributed by atoms with Crippen LogP contribution in [-0.2, 0) is 0 Å². The molecule has 0 amide bonds. The van der Waals surface area contributed by atoms with Crippen molar-refractivity contribution in [1.82, 2.24) is 25.1 Å². The topological polar surface area (TPSA) is 107 Å². The highest BCUT2D eigenvalue weighted by atomic mass is 16.6. The number of hydrogen-bond donors (Lipinski definition) is 0. The Morgan fingerprint density at radius 3 is 2.35 bits per heavy atom. The van der Waals surface area contributed by atoms with E-state index in [1.807, 2.05) is 51.4 Å². The molecule has 0 aliphatic carbocycles. The number of ketones is 1. The van der Waals surface area contributed by atoms with Crippen molar-refractivity contribution in [2.75, 3.05) is 14.1 Å². The fraction of sp³-hybridized carbons (Fsp3) is 0.120. The van der Waals surface area contributed by atoms with Gasteiger partial charge in [0, 0.05) is 38.0 Å². The fourth-order valence-corrected chi connectivity index (χ4v) is 3.46. The molecule has 4 aromatic rings. The fourth-order valence-electron chi connectivity index (χ4n) is 3.46. The third kappa shape index (κ3) is 4.73. The number of aromatic nitrogens is 4. The van der Waals surface area contributed by atoms with E-state index < -0.39 is 4.92 Å². The molecule has 34 heavy (non-hydrogen) atoms. The van der Waals surface area contributed by atoms with Gasteiger partial charge < -0.3 is 4.90 Å². The van der Waals surface area contributed by atoms with Crippen LogP contribution in [0.5, 0.6) is 0 Å². The number of aryl methyl sites for hydroxylation is 1. The zero-order chi connectivity index (χ0) is 24.2. The molecule has 0 bridgehead atoms. The smallest absolute Gasteiger partial charge is 0.269 e. The average Bonchev–Trinajstić information content (AvgIpc) is 3.32. The Balaban J connectivity index is 1.73. The van der Waals surface area contributed by atoms with Crippen LogP contribution in [0.25, 0.3) is 22.4 Å². The lowest BCUT2D eigenvalue weighted by molar-refractivity contribution is -0.384. The molecule has 0 N–H and O–H groups in total. The van der Waals surface area contributed by atoms with Gasteiger partial charge >= 0.3 is 0 Å². The van der Waals surface area contributed by atoms with E-state index in [0.717, 1.165) is 22.4 Å². The molecule has 0 aliphatic heterocycles. The molecule has 3 aromatic carbocycles. The number of tetrazole rings is 1. The van der Waals surface area contributed by atoms with E-state index in [2.05, 4.69) is 15.5 Å². The Morgan fingerprint density at radius 1 is 1.00 bits per heavy atom. The van der Waals surface area contributed by atoms with Gasteiger partial charge in [-0.05, 0) is 58.8 Å². The zero-order valence-electron chi connectivity index (χ0n) is 18.9. The summed E-state index contributed by atoms with van der Waals surface area (Å²) in [5.74, 6) is 0.0731. The molecule has 9 heteroatoms. The number of hydrogen-bond acceptors (Lipinski definition) is 7. The van der Waals surface area contributed by atoms with Crippen LogP contribution in [0.3, 0.4) is 0 Å². The molecule has 0 saturated heterocycles. The number of non-ortho nitro benzene ring substituents is 1. The van der Waals surface area contributed by atoms with Crippen LogP contribution < -0.4 is 0 Å². The maximum absolute atomic E-state index is 13.7. The number of carbonyl (C=O) groups excluding carboxylic acids is 1. The minimum atomic E-state index is -0.444. The second kappa shape index (κ2) is 9.45. The average molecular weight is 454 g/mol. The second-order valence-electron chi connectivity index (χ2n) is 7.97. The van der Waals surface area contributed by atoms with Gasteiger partial charge in [-0.15, -0.1) is 5.10 Å². The Bertz CT molecular complexity index is 1370. The molecular formula is C25H22N6O3. The molecule has 4 rings (SSSR count). The summed E-state index contributed by atoms with van der Waals surface area (Å²) in [5, 5.41) is 23.0. The number of nitro groups is 1. The molecule has 0 unspecified atom stereocenters. The second-order valence-corrected chi connectivity index (χ2v) is 7.97. The summed E-state index contributed by atoms with van der Waals surface area (Å²) < 4.78 is 1.53. The molecule has 0 aliphatic rings. The van der Waals surface area contributed by atoms with E-state index in [4.69, 9.17) is 0 Å². The minimum absolute atomic E-state index is 0.00938. The summed E-state index contributed by atoms with van der Waals surface area (Å²) >= 11 is 0. The molecule has 1 heterocycles. The Morgan fingerprint density at radius 2 is 1.71 bits per heavy atom. The number of allylic oxidation sites excluding steroid dienone is 1. The van der Waals surface area contributed by atoms with Gasteiger partial charge in [0.25, 0.3) is 5.69 Å². The van der Waals surface area contributed by atoms with E-state index in [1.165, 1.54) is 16.8 Å². The Hall–Kier alpha value is -4.66. The van der Waals surface area contributed by atoms with Crippen molar-refractivity contribution in [1.29, 1.82) is 0 Å². The maximum atomic E-state index is 13.7. The molecule has 0 saturated carbocycles. The van der Waals surface area contributed by atoms with Crippen LogP contribution in [0.15, 0.2) is 79.0 Å². The quantitative estimate of drug-likeness (QED) is 0.177. The third-order valence-corrected chi connectivity index (χ3v) is 5.16. The largest absolute Gasteiger partial charge is 0.383 e. The molecule has 0 atom stereocenters. The number of benzene rings is 3. The normalized spacial score (nSPS) is 11.3. The SMILES string of the molecule is Cc1ccc(-n2nnnc2C(=CN(C)C)C(=O)c2cccc(-c3ccc([N+](=O)[O-])cc3)c2)cc1. The lowest BCUT2D eigenvalue weighted by atomic mass is 9.98. The standard InChI is InChI=1S/C25H22N6O3/c1-17-7-11-21(12-8-17)30-25(26-27-28-30)23(16-29(2)3)24(32)20-6-4-5-19(15-20)18-9-13-22(14-10-18)31(33)34/h4-16H,1-3H3. The van der Waals surface area contributed by atoms with E-state index >= 15 is 0 Å². The van der Waals surface area contributed by atoms with Crippen molar-refractivity contribution < 1.29 is 9.72 Å². The van der Waals surface area contributed by atoms with Crippen molar-refractivity contribution in [3.8, 4) is 16.8 Å². The van der Waals surface area contributed by atoms with Gasteiger partial charge in [0.1, 0.15) is 0 Å². The highest BCUT2D eigenvalue weighted by molar-refractivity contribution is 6.28. The highest BCUT2D eigenvalue weighted by Gasteiger charge is 2.22. The predicted octanol–water partition coefficient (Wildman–Crippen LogP) is 4.33. The first kappa shape index (κ1) is 22.5. The van der Waals surface area contributed by atoms with Gasteiger partial charge in [-0.1, -0.05) is 35.9 Å². The van der Waals surface area contributed by atoms with Gasteiger partial charge in [0.15, 0.2) is 11.6 Å². The van der Waals surface area contributed by atoms with Crippen molar-refractivity contribution in [2.45, 2.75) is 6.92 Å². The molecule has 0 radical (unpaired) electrons. The van der Waals surface area contributed by atoms with Crippen LogP contribution >= 0.6 is 0 Å². The lowest BCUT2D eigenvalue weighted by Gasteiger charge is -2.12. The van der Waals surface area contributed by atoms with Gasteiger partial charge in [0.2, 0.25) is 0 Å².